The molecule has 4 nitrogen and oxygen atoms in total. The number of amides is 1. The number of aryl methyl sites for hydroxylation is 2. The minimum absolute atomic E-state index is 0.0286. The molecule has 1 aliphatic heterocycles. The zero-order chi connectivity index (χ0) is 12.4. The summed E-state index contributed by atoms with van der Waals surface area (Å²) in [6.45, 7) is 4.80. The molecular formula is C12H19N3OS. The Labute approximate surface area is 106 Å². The maximum Gasteiger partial charge on any atom is 0.233 e. The topological polar surface area (TPSA) is 46.9 Å². The van der Waals surface area contributed by atoms with E-state index >= 15 is 0 Å². The van der Waals surface area contributed by atoms with Gasteiger partial charge in [-0.25, -0.2) is 4.98 Å². The second-order valence-electron chi connectivity index (χ2n) is 4.57. The van der Waals surface area contributed by atoms with E-state index in [0.717, 1.165) is 30.9 Å². The highest BCUT2D eigenvalue weighted by Gasteiger charge is 2.22. The van der Waals surface area contributed by atoms with E-state index in [-0.39, 0.29) is 17.2 Å². The van der Waals surface area contributed by atoms with Crippen LogP contribution in [0.1, 0.15) is 24.9 Å². The summed E-state index contributed by atoms with van der Waals surface area (Å²) in [6, 6.07) is 0.248. The smallest absolute Gasteiger partial charge is 0.233 e. The van der Waals surface area contributed by atoms with Gasteiger partial charge in [0.15, 0.2) is 0 Å². The first kappa shape index (κ1) is 12.5. The number of thioether (sulfide) groups is 1. The fraction of sp³-hybridized carbons (Fsp3) is 0.667. The van der Waals surface area contributed by atoms with E-state index in [1.807, 2.05) is 20.1 Å². The van der Waals surface area contributed by atoms with Crippen molar-refractivity contribution in [1.29, 1.82) is 0 Å². The van der Waals surface area contributed by atoms with Gasteiger partial charge in [0.2, 0.25) is 5.91 Å². The van der Waals surface area contributed by atoms with Crippen molar-refractivity contribution in [2.24, 2.45) is 0 Å². The lowest BCUT2D eigenvalue weighted by Crippen LogP contribution is -2.43. The predicted octanol–water partition coefficient (Wildman–Crippen LogP) is 1.37. The van der Waals surface area contributed by atoms with E-state index < -0.39 is 0 Å². The highest BCUT2D eigenvalue weighted by atomic mass is 32.2. The number of nitrogens with zero attached hydrogens (tertiary/aromatic N) is 2. The Balaban J connectivity index is 1.96. The molecule has 1 N–H and O–H groups in total. The van der Waals surface area contributed by atoms with Crippen LogP contribution in [0.4, 0.5) is 0 Å². The van der Waals surface area contributed by atoms with E-state index in [4.69, 9.17) is 0 Å². The zero-order valence-electron chi connectivity index (χ0n) is 10.6. The average Bonchev–Trinajstić information content (AvgIpc) is 2.67. The van der Waals surface area contributed by atoms with Crippen LogP contribution in [0, 0.1) is 6.92 Å². The quantitative estimate of drug-likeness (QED) is 0.885. The van der Waals surface area contributed by atoms with Gasteiger partial charge in [0.25, 0.3) is 0 Å². The van der Waals surface area contributed by atoms with Crippen molar-refractivity contribution in [2.45, 2.75) is 44.5 Å². The molecule has 0 spiro atoms. The zero-order valence-corrected chi connectivity index (χ0v) is 11.4. The number of hydrogen-bond donors (Lipinski definition) is 1. The molecule has 1 aromatic heterocycles. The molecule has 0 aromatic carbocycles. The Hall–Kier alpha value is -0.970. The van der Waals surface area contributed by atoms with Gasteiger partial charge in [-0.05, 0) is 26.5 Å². The molecule has 5 heteroatoms. The number of imidazole rings is 1. The molecule has 0 bridgehead atoms. The number of nitrogens with one attached hydrogen (secondary N) is 1. The third kappa shape index (κ3) is 2.83. The number of carbonyl (C=O) groups is 1. The molecule has 2 rings (SSSR count). The van der Waals surface area contributed by atoms with Crippen LogP contribution in [0.5, 0.6) is 0 Å². The van der Waals surface area contributed by atoms with Crippen LogP contribution in [0.3, 0.4) is 0 Å². The van der Waals surface area contributed by atoms with Crippen LogP contribution in [0.15, 0.2) is 6.20 Å². The minimum Gasteiger partial charge on any atom is -0.351 e. The summed E-state index contributed by atoms with van der Waals surface area (Å²) in [6.07, 6.45) is 5.96. The molecule has 1 aromatic rings. The Morgan fingerprint density at radius 2 is 2.47 bits per heavy atom. The van der Waals surface area contributed by atoms with Crippen molar-refractivity contribution in [2.75, 3.05) is 6.26 Å². The third-order valence-electron chi connectivity index (χ3n) is 3.18. The van der Waals surface area contributed by atoms with Crippen LogP contribution in [0.2, 0.25) is 0 Å². The van der Waals surface area contributed by atoms with Gasteiger partial charge in [-0.3, -0.25) is 4.79 Å². The summed E-state index contributed by atoms with van der Waals surface area (Å²) < 4.78 is 2.16. The number of carbonyl (C=O) groups excluding carboxylic acids is 1. The molecule has 0 saturated heterocycles. The number of aromatic nitrogens is 2. The van der Waals surface area contributed by atoms with Gasteiger partial charge in [0.05, 0.1) is 10.9 Å². The molecule has 94 valence electrons. The number of rotatable bonds is 3. The van der Waals surface area contributed by atoms with E-state index in [9.17, 15) is 4.79 Å². The lowest BCUT2D eigenvalue weighted by Gasteiger charge is -2.25. The summed E-state index contributed by atoms with van der Waals surface area (Å²) in [5.41, 5.74) is 1.06. The van der Waals surface area contributed by atoms with Gasteiger partial charge in [0.1, 0.15) is 5.82 Å². The van der Waals surface area contributed by atoms with Gasteiger partial charge >= 0.3 is 0 Å². The third-order valence-corrected chi connectivity index (χ3v) is 4.10. The monoisotopic (exact) mass is 253 g/mol. The van der Waals surface area contributed by atoms with Crippen LogP contribution in [-0.4, -0.2) is 33.0 Å². The van der Waals surface area contributed by atoms with Crippen molar-refractivity contribution in [3.63, 3.8) is 0 Å². The molecule has 0 fully saturated rings. The Kier molecular flexibility index (Phi) is 3.76. The van der Waals surface area contributed by atoms with Crippen molar-refractivity contribution in [1.82, 2.24) is 14.9 Å². The Bertz CT molecular complexity index is 416. The van der Waals surface area contributed by atoms with Crippen molar-refractivity contribution >= 4 is 17.7 Å². The second-order valence-corrected chi connectivity index (χ2v) is 5.75. The van der Waals surface area contributed by atoms with E-state index in [2.05, 4.69) is 21.1 Å². The lowest BCUT2D eigenvalue weighted by atomic mass is 10.1. The van der Waals surface area contributed by atoms with E-state index in [0.29, 0.717) is 0 Å². The molecule has 0 radical (unpaired) electrons. The minimum atomic E-state index is 0.0286. The first-order valence-corrected chi connectivity index (χ1v) is 7.24. The molecule has 0 unspecified atom stereocenters. The largest absolute Gasteiger partial charge is 0.351 e. The molecule has 2 atom stereocenters. The summed E-state index contributed by atoms with van der Waals surface area (Å²) >= 11 is 1.58. The standard InChI is InChI=1S/C12H19N3OS/c1-8-6-15-7-10(4-5-11(15)13-8)14-12(16)9(2)17-3/h6,9-10H,4-5,7H2,1-3H3,(H,14,16)/t9-,10+/m0/s1. The van der Waals surface area contributed by atoms with Crippen LogP contribution >= 0.6 is 11.8 Å². The number of hydrogen-bond acceptors (Lipinski definition) is 3. The van der Waals surface area contributed by atoms with Gasteiger partial charge in [-0.2, -0.15) is 11.8 Å². The molecule has 0 aliphatic carbocycles. The Morgan fingerprint density at radius 3 is 3.18 bits per heavy atom. The highest BCUT2D eigenvalue weighted by Crippen LogP contribution is 2.15. The SMILES string of the molecule is CS[C@@H](C)C(=O)N[C@@H]1CCc2nc(C)cn2C1. The van der Waals surface area contributed by atoms with Crippen LogP contribution in [-0.2, 0) is 17.8 Å². The maximum absolute atomic E-state index is 11.8. The Morgan fingerprint density at radius 1 is 1.71 bits per heavy atom. The van der Waals surface area contributed by atoms with Crippen LogP contribution in [0.25, 0.3) is 0 Å². The highest BCUT2D eigenvalue weighted by molar-refractivity contribution is 7.99. The summed E-state index contributed by atoms with van der Waals surface area (Å²) in [5.74, 6) is 1.29. The predicted molar refractivity (Wildman–Crippen MR) is 70.2 cm³/mol. The van der Waals surface area contributed by atoms with Gasteiger partial charge in [-0.1, -0.05) is 0 Å². The summed E-state index contributed by atoms with van der Waals surface area (Å²) in [5, 5.41) is 3.14. The van der Waals surface area contributed by atoms with E-state index in [1.54, 1.807) is 11.8 Å². The average molecular weight is 253 g/mol. The summed E-state index contributed by atoms with van der Waals surface area (Å²) in [4.78, 5) is 16.3. The van der Waals surface area contributed by atoms with Crippen LogP contribution < -0.4 is 5.32 Å². The number of fused-ring (bicyclic) bond motifs is 1. The van der Waals surface area contributed by atoms with Gasteiger partial charge in [-0.15, -0.1) is 0 Å². The fourth-order valence-electron chi connectivity index (χ4n) is 2.13. The first-order valence-electron chi connectivity index (χ1n) is 5.96. The van der Waals surface area contributed by atoms with Gasteiger partial charge in [0, 0.05) is 25.2 Å². The van der Waals surface area contributed by atoms with E-state index in [1.165, 1.54) is 0 Å². The molecular weight excluding hydrogens is 234 g/mol. The van der Waals surface area contributed by atoms with Crippen molar-refractivity contribution < 1.29 is 4.79 Å². The molecule has 2 heterocycles. The first-order chi connectivity index (χ1) is 8.10. The van der Waals surface area contributed by atoms with Gasteiger partial charge < -0.3 is 9.88 Å². The normalized spacial score (nSPS) is 20.8. The fourth-order valence-corrected chi connectivity index (χ4v) is 2.41. The van der Waals surface area contributed by atoms with Crippen molar-refractivity contribution in [3.05, 3.63) is 17.7 Å². The molecule has 0 saturated carbocycles. The molecule has 1 amide bonds. The molecule has 1 aliphatic rings. The van der Waals surface area contributed by atoms with Crippen molar-refractivity contribution in [3.8, 4) is 0 Å². The maximum atomic E-state index is 11.8. The molecule has 17 heavy (non-hydrogen) atoms. The summed E-state index contributed by atoms with van der Waals surface area (Å²) in [7, 11) is 0. The second kappa shape index (κ2) is 5.12. The lowest BCUT2D eigenvalue weighted by molar-refractivity contribution is -0.121.